The van der Waals surface area contributed by atoms with E-state index in [4.69, 9.17) is 11.6 Å². The van der Waals surface area contributed by atoms with Crippen molar-refractivity contribution in [2.75, 3.05) is 19.0 Å². The number of hydrogen-bond acceptors (Lipinski definition) is 4. The third-order valence-corrected chi connectivity index (χ3v) is 4.08. The Morgan fingerprint density at radius 2 is 1.74 bits per heavy atom. The fraction of sp³-hybridized carbons (Fsp3) is 0.143. The molecule has 0 atom stereocenters. The van der Waals surface area contributed by atoms with Crippen LogP contribution in [0.5, 0.6) is 0 Å². The highest BCUT2D eigenvalue weighted by atomic mass is 35.5. The van der Waals surface area contributed by atoms with Crippen LogP contribution in [0.3, 0.4) is 0 Å². The molecule has 5 heteroatoms. The van der Waals surface area contributed by atoms with Gasteiger partial charge >= 0.3 is 0 Å². The van der Waals surface area contributed by atoms with Crippen LogP contribution in [-0.4, -0.2) is 24.1 Å². The molecular weight excluding hydrogens is 278 g/mol. The average Bonchev–Trinajstić information content (AvgIpc) is 2.81. The Morgan fingerprint density at radius 1 is 1.00 bits per heavy atom. The van der Waals surface area contributed by atoms with Gasteiger partial charge < -0.3 is 4.90 Å². The van der Waals surface area contributed by atoms with E-state index in [2.05, 4.69) is 39.1 Å². The predicted octanol–water partition coefficient (Wildman–Crippen LogP) is 4.08. The normalized spacial score (nSPS) is 10.9. The molecule has 3 nitrogen and oxygen atoms in total. The van der Waals surface area contributed by atoms with Crippen molar-refractivity contribution in [3.05, 3.63) is 41.6 Å². The van der Waals surface area contributed by atoms with Crippen LogP contribution in [0.25, 0.3) is 20.9 Å². The largest absolute Gasteiger partial charge is 0.378 e. The highest BCUT2D eigenvalue weighted by molar-refractivity contribution is 7.21. The van der Waals surface area contributed by atoms with Crippen molar-refractivity contribution in [3.8, 4) is 10.6 Å². The molecule has 0 amide bonds. The summed E-state index contributed by atoms with van der Waals surface area (Å²) in [4.78, 5) is 11.8. The lowest BCUT2D eigenvalue weighted by molar-refractivity contribution is 1.13. The first-order valence-corrected chi connectivity index (χ1v) is 7.04. The van der Waals surface area contributed by atoms with Gasteiger partial charge in [0.15, 0.2) is 0 Å². The molecule has 2 aromatic heterocycles. The van der Waals surface area contributed by atoms with Gasteiger partial charge in [-0.25, -0.2) is 9.97 Å². The summed E-state index contributed by atoms with van der Waals surface area (Å²) in [6.07, 6.45) is 0. The van der Waals surface area contributed by atoms with Crippen molar-refractivity contribution in [2.24, 2.45) is 0 Å². The number of fused-ring (bicyclic) bond motifs is 1. The second kappa shape index (κ2) is 4.79. The lowest BCUT2D eigenvalue weighted by atomic mass is 10.2. The van der Waals surface area contributed by atoms with Crippen LogP contribution < -0.4 is 4.90 Å². The Labute approximate surface area is 120 Å². The summed E-state index contributed by atoms with van der Waals surface area (Å²) in [5, 5.41) is 1.47. The molecule has 96 valence electrons. The summed E-state index contributed by atoms with van der Waals surface area (Å²) >= 11 is 7.45. The monoisotopic (exact) mass is 289 g/mol. The maximum absolute atomic E-state index is 5.89. The van der Waals surface area contributed by atoms with Crippen molar-refractivity contribution in [1.29, 1.82) is 0 Å². The average molecular weight is 290 g/mol. The van der Waals surface area contributed by atoms with E-state index in [0.29, 0.717) is 5.15 Å². The van der Waals surface area contributed by atoms with Crippen molar-refractivity contribution in [3.63, 3.8) is 0 Å². The van der Waals surface area contributed by atoms with Gasteiger partial charge in [0, 0.05) is 25.3 Å². The third kappa shape index (κ3) is 2.41. The lowest BCUT2D eigenvalue weighted by Gasteiger charge is -2.11. The second-order valence-corrected chi connectivity index (χ2v) is 5.78. The molecule has 0 spiro atoms. The number of anilines is 1. The fourth-order valence-electron chi connectivity index (χ4n) is 1.82. The highest BCUT2D eigenvalue weighted by Crippen LogP contribution is 2.30. The van der Waals surface area contributed by atoms with Crippen LogP contribution in [0.2, 0.25) is 5.15 Å². The van der Waals surface area contributed by atoms with Gasteiger partial charge in [-0.3, -0.25) is 0 Å². The summed E-state index contributed by atoms with van der Waals surface area (Å²) in [6, 6.07) is 12.0. The smallest absolute Gasteiger partial charge is 0.145 e. The van der Waals surface area contributed by atoms with Crippen molar-refractivity contribution < 1.29 is 0 Å². The topological polar surface area (TPSA) is 29.0 Å². The molecular formula is C14H12ClN3S. The van der Waals surface area contributed by atoms with E-state index in [1.165, 1.54) is 5.69 Å². The zero-order valence-corrected chi connectivity index (χ0v) is 12.2. The highest BCUT2D eigenvalue weighted by Gasteiger charge is 2.08. The lowest BCUT2D eigenvalue weighted by Crippen LogP contribution is -2.07. The van der Waals surface area contributed by atoms with Gasteiger partial charge in [0.2, 0.25) is 0 Å². The van der Waals surface area contributed by atoms with Crippen LogP contribution in [0.1, 0.15) is 0 Å². The van der Waals surface area contributed by atoms with E-state index < -0.39 is 0 Å². The Bertz CT molecular complexity index is 719. The Hall–Kier alpha value is -1.65. The molecule has 0 saturated carbocycles. The van der Waals surface area contributed by atoms with Crippen LogP contribution in [0.4, 0.5) is 5.69 Å². The fourth-order valence-corrected chi connectivity index (χ4v) is 2.96. The number of rotatable bonds is 2. The Balaban J connectivity index is 2.03. The van der Waals surface area contributed by atoms with E-state index in [1.807, 2.05) is 20.2 Å². The molecule has 19 heavy (non-hydrogen) atoms. The molecule has 0 aliphatic carbocycles. The van der Waals surface area contributed by atoms with Gasteiger partial charge in [0.05, 0.1) is 0 Å². The number of thiazole rings is 1. The van der Waals surface area contributed by atoms with Crippen LogP contribution in [-0.2, 0) is 0 Å². The minimum Gasteiger partial charge on any atom is -0.378 e. The summed E-state index contributed by atoms with van der Waals surface area (Å²) in [6.45, 7) is 0. The second-order valence-electron chi connectivity index (χ2n) is 4.42. The number of nitrogens with zero attached hydrogens (tertiary/aromatic N) is 3. The molecule has 1 aromatic carbocycles. The van der Waals surface area contributed by atoms with Crippen molar-refractivity contribution in [2.45, 2.75) is 0 Å². The van der Waals surface area contributed by atoms with Crippen LogP contribution in [0, 0.1) is 0 Å². The summed E-state index contributed by atoms with van der Waals surface area (Å²) in [5.74, 6) is 0. The van der Waals surface area contributed by atoms with Gasteiger partial charge in [-0.15, -0.1) is 0 Å². The number of benzene rings is 1. The molecule has 0 unspecified atom stereocenters. The Kier molecular flexibility index (Phi) is 3.12. The summed E-state index contributed by atoms with van der Waals surface area (Å²) in [5.41, 5.74) is 3.16. The molecule has 3 rings (SSSR count). The summed E-state index contributed by atoms with van der Waals surface area (Å²) < 4.78 is 0. The standard InChI is InChI=1S/C14H12ClN3S/c1-18(2)10-5-3-9(4-6-10)13-16-11-7-8-12(15)17-14(11)19-13/h3-8H,1-2H3. The number of pyridine rings is 1. The Morgan fingerprint density at radius 3 is 2.42 bits per heavy atom. The van der Waals surface area contributed by atoms with Crippen molar-refractivity contribution in [1.82, 2.24) is 9.97 Å². The predicted molar refractivity (Wildman–Crippen MR) is 82.2 cm³/mol. The van der Waals surface area contributed by atoms with E-state index in [-0.39, 0.29) is 0 Å². The summed E-state index contributed by atoms with van der Waals surface area (Å²) in [7, 11) is 4.05. The first-order valence-electron chi connectivity index (χ1n) is 5.84. The molecule has 0 bridgehead atoms. The number of aromatic nitrogens is 2. The maximum atomic E-state index is 5.89. The molecule has 0 aliphatic heterocycles. The molecule has 2 heterocycles. The van der Waals surface area contributed by atoms with Crippen LogP contribution >= 0.6 is 22.9 Å². The van der Waals surface area contributed by atoms with E-state index in [1.54, 1.807) is 17.4 Å². The zero-order chi connectivity index (χ0) is 13.4. The molecule has 3 aromatic rings. The molecule has 0 aliphatic rings. The number of hydrogen-bond donors (Lipinski definition) is 0. The van der Waals surface area contributed by atoms with Crippen LogP contribution in [0.15, 0.2) is 36.4 Å². The van der Waals surface area contributed by atoms with Crippen molar-refractivity contribution >= 4 is 39.0 Å². The first-order chi connectivity index (χ1) is 9.13. The number of halogens is 1. The van der Waals surface area contributed by atoms with Gasteiger partial charge in [0.25, 0.3) is 0 Å². The molecule has 0 radical (unpaired) electrons. The first kappa shape index (κ1) is 12.4. The van der Waals surface area contributed by atoms with Gasteiger partial charge in [-0.05, 0) is 36.4 Å². The molecule has 0 saturated heterocycles. The molecule has 0 N–H and O–H groups in total. The van der Waals surface area contributed by atoms with E-state index >= 15 is 0 Å². The minimum atomic E-state index is 0.505. The van der Waals surface area contributed by atoms with Gasteiger partial charge in [-0.2, -0.15) is 0 Å². The zero-order valence-electron chi connectivity index (χ0n) is 10.6. The van der Waals surface area contributed by atoms with E-state index in [0.717, 1.165) is 20.9 Å². The molecule has 0 fully saturated rings. The van der Waals surface area contributed by atoms with Gasteiger partial charge in [0.1, 0.15) is 20.5 Å². The SMILES string of the molecule is CN(C)c1ccc(-c2nc3ccc(Cl)nc3s2)cc1. The minimum absolute atomic E-state index is 0.505. The maximum Gasteiger partial charge on any atom is 0.145 e. The van der Waals surface area contributed by atoms with Gasteiger partial charge in [-0.1, -0.05) is 22.9 Å². The van der Waals surface area contributed by atoms with E-state index in [9.17, 15) is 0 Å². The third-order valence-electron chi connectivity index (χ3n) is 2.85. The quantitative estimate of drug-likeness (QED) is 0.666.